The van der Waals surface area contributed by atoms with E-state index in [1.807, 2.05) is 47.0 Å². The molecule has 0 amide bonds. The molecule has 9 heteroatoms. The molecule has 176 valence electrons. The third-order valence-corrected chi connectivity index (χ3v) is 6.48. The van der Waals surface area contributed by atoms with Crippen LogP contribution in [0.25, 0.3) is 22.0 Å². The van der Waals surface area contributed by atoms with E-state index in [-0.39, 0.29) is 5.56 Å². The van der Waals surface area contributed by atoms with Gasteiger partial charge in [0, 0.05) is 26.8 Å². The number of aryl methyl sites for hydroxylation is 1. The SMILES string of the molecule is COc1cccc(Nc2nc3cc4c(C)c(C(=O)O)c(=O)oc4cc3n2Cc2cccc(I)c2)c1. The van der Waals surface area contributed by atoms with E-state index >= 15 is 0 Å². The fourth-order valence-corrected chi connectivity index (χ4v) is 4.73. The van der Waals surface area contributed by atoms with Gasteiger partial charge in [0.2, 0.25) is 5.95 Å². The van der Waals surface area contributed by atoms with Crippen molar-refractivity contribution in [3.63, 3.8) is 0 Å². The normalized spacial score (nSPS) is 11.2. The van der Waals surface area contributed by atoms with E-state index in [1.165, 1.54) is 0 Å². The van der Waals surface area contributed by atoms with Crippen molar-refractivity contribution in [3.05, 3.63) is 91.3 Å². The quantitative estimate of drug-likeness (QED) is 0.200. The molecule has 0 unspecified atom stereocenters. The molecule has 0 aliphatic rings. The molecule has 5 rings (SSSR count). The monoisotopic (exact) mass is 581 g/mol. The summed E-state index contributed by atoms with van der Waals surface area (Å²) in [5.41, 5.74) is 2.66. The van der Waals surface area contributed by atoms with Gasteiger partial charge in [-0.05, 0) is 71.0 Å². The molecule has 35 heavy (non-hydrogen) atoms. The number of anilines is 2. The van der Waals surface area contributed by atoms with Gasteiger partial charge in [-0.15, -0.1) is 0 Å². The van der Waals surface area contributed by atoms with Gasteiger partial charge in [-0.25, -0.2) is 14.6 Å². The lowest BCUT2D eigenvalue weighted by Crippen LogP contribution is -2.15. The molecule has 8 nitrogen and oxygen atoms in total. The van der Waals surface area contributed by atoms with Crippen LogP contribution in [-0.2, 0) is 6.54 Å². The molecule has 0 saturated carbocycles. The number of fused-ring (bicyclic) bond motifs is 2. The summed E-state index contributed by atoms with van der Waals surface area (Å²) in [6.07, 6.45) is 0. The number of carboxylic acid groups (broad SMARTS) is 1. The van der Waals surface area contributed by atoms with E-state index in [0.717, 1.165) is 20.3 Å². The molecule has 0 aliphatic heterocycles. The first-order valence-electron chi connectivity index (χ1n) is 10.7. The molecular formula is C26H20IN3O5. The Bertz CT molecular complexity index is 1670. The highest BCUT2D eigenvalue weighted by molar-refractivity contribution is 14.1. The predicted octanol–water partition coefficient (Wildman–Crippen LogP) is 5.55. The number of halogens is 1. The first-order valence-corrected chi connectivity index (χ1v) is 11.8. The maximum atomic E-state index is 12.4. The largest absolute Gasteiger partial charge is 0.497 e. The Morgan fingerprint density at radius 2 is 1.97 bits per heavy atom. The predicted molar refractivity (Wildman–Crippen MR) is 142 cm³/mol. The molecule has 3 aromatic carbocycles. The molecule has 0 fully saturated rings. The third kappa shape index (κ3) is 4.34. The number of carboxylic acids is 1. The van der Waals surface area contributed by atoms with Crippen molar-refractivity contribution in [3.8, 4) is 5.75 Å². The van der Waals surface area contributed by atoms with Gasteiger partial charge in [-0.2, -0.15) is 0 Å². The van der Waals surface area contributed by atoms with Crippen molar-refractivity contribution in [1.29, 1.82) is 0 Å². The standard InChI is InChI=1S/C26H20IN3O5/c1-14-19-11-20-21(12-22(19)35-25(33)23(14)24(31)32)30(13-15-5-3-6-16(27)9-15)26(29-20)28-17-7-4-8-18(10-17)34-2/h3-12H,13H2,1-2H3,(H,28,29)(H,31,32). The second-order valence-electron chi connectivity index (χ2n) is 8.04. The number of nitrogens with zero attached hydrogens (tertiary/aromatic N) is 2. The van der Waals surface area contributed by atoms with Crippen LogP contribution < -0.4 is 15.7 Å². The van der Waals surface area contributed by atoms with Crippen LogP contribution in [0.5, 0.6) is 5.75 Å². The molecular weight excluding hydrogens is 561 g/mol. The minimum atomic E-state index is -1.32. The summed E-state index contributed by atoms with van der Waals surface area (Å²) >= 11 is 2.27. The third-order valence-electron chi connectivity index (χ3n) is 5.80. The number of rotatable bonds is 6. The second kappa shape index (κ2) is 9.06. The van der Waals surface area contributed by atoms with Crippen molar-refractivity contribution < 1.29 is 19.1 Å². The van der Waals surface area contributed by atoms with Crippen LogP contribution in [0, 0.1) is 10.5 Å². The minimum absolute atomic E-state index is 0.307. The number of benzene rings is 3. The number of methoxy groups -OCH3 is 1. The van der Waals surface area contributed by atoms with Crippen LogP contribution >= 0.6 is 22.6 Å². The van der Waals surface area contributed by atoms with Crippen LogP contribution in [0.3, 0.4) is 0 Å². The second-order valence-corrected chi connectivity index (χ2v) is 9.29. The zero-order chi connectivity index (χ0) is 24.7. The topological polar surface area (TPSA) is 107 Å². The van der Waals surface area contributed by atoms with Gasteiger partial charge in [-0.1, -0.05) is 18.2 Å². The molecule has 0 atom stereocenters. The average molecular weight is 581 g/mol. The lowest BCUT2D eigenvalue weighted by Gasteiger charge is -2.12. The van der Waals surface area contributed by atoms with Crippen molar-refractivity contribution in [2.45, 2.75) is 13.5 Å². The Morgan fingerprint density at radius 1 is 1.17 bits per heavy atom. The van der Waals surface area contributed by atoms with Gasteiger partial charge in [0.25, 0.3) is 0 Å². The van der Waals surface area contributed by atoms with Gasteiger partial charge >= 0.3 is 11.6 Å². The highest BCUT2D eigenvalue weighted by Gasteiger charge is 2.20. The summed E-state index contributed by atoms with van der Waals surface area (Å²) < 4.78 is 13.9. The average Bonchev–Trinajstić information content (AvgIpc) is 3.13. The summed E-state index contributed by atoms with van der Waals surface area (Å²) in [4.78, 5) is 28.8. The smallest absolute Gasteiger partial charge is 0.351 e. The molecule has 5 aromatic rings. The number of ether oxygens (including phenoxy) is 1. The van der Waals surface area contributed by atoms with Gasteiger partial charge in [0.05, 0.1) is 24.7 Å². The van der Waals surface area contributed by atoms with Crippen LogP contribution in [0.4, 0.5) is 11.6 Å². The van der Waals surface area contributed by atoms with Crippen molar-refractivity contribution in [2.24, 2.45) is 0 Å². The summed E-state index contributed by atoms with van der Waals surface area (Å²) in [7, 11) is 1.61. The molecule has 0 aliphatic carbocycles. The fraction of sp³-hybridized carbons (Fsp3) is 0.115. The zero-order valence-electron chi connectivity index (χ0n) is 18.8. The number of aromatic nitrogens is 2. The van der Waals surface area contributed by atoms with E-state index in [4.69, 9.17) is 14.1 Å². The molecule has 2 N–H and O–H groups in total. The Balaban J connectivity index is 1.72. The molecule has 0 saturated heterocycles. The number of hydrogen-bond acceptors (Lipinski definition) is 6. The van der Waals surface area contributed by atoms with Crippen LogP contribution in [0.2, 0.25) is 0 Å². The van der Waals surface area contributed by atoms with Gasteiger partial charge in [0.1, 0.15) is 16.9 Å². The van der Waals surface area contributed by atoms with Crippen molar-refractivity contribution >= 4 is 62.2 Å². The zero-order valence-corrected chi connectivity index (χ0v) is 21.0. The Hall–Kier alpha value is -3.86. The fourth-order valence-electron chi connectivity index (χ4n) is 4.12. The van der Waals surface area contributed by atoms with E-state index in [1.54, 1.807) is 26.2 Å². The molecule has 0 radical (unpaired) electrons. The minimum Gasteiger partial charge on any atom is -0.497 e. The lowest BCUT2D eigenvalue weighted by atomic mass is 10.1. The summed E-state index contributed by atoms with van der Waals surface area (Å²) in [6.45, 7) is 2.12. The Morgan fingerprint density at radius 3 is 2.71 bits per heavy atom. The van der Waals surface area contributed by atoms with Gasteiger partial charge < -0.3 is 24.1 Å². The first-order chi connectivity index (χ1) is 16.8. The van der Waals surface area contributed by atoms with Crippen LogP contribution in [-0.4, -0.2) is 27.7 Å². The lowest BCUT2D eigenvalue weighted by molar-refractivity contribution is 0.0691. The summed E-state index contributed by atoms with van der Waals surface area (Å²) in [5.74, 6) is -0.0247. The van der Waals surface area contributed by atoms with Crippen LogP contribution in [0.1, 0.15) is 21.5 Å². The van der Waals surface area contributed by atoms with Crippen LogP contribution in [0.15, 0.2) is 69.9 Å². The number of imidazole rings is 1. The molecule has 2 aromatic heterocycles. The summed E-state index contributed by atoms with van der Waals surface area (Å²) in [6, 6.07) is 19.2. The molecule has 0 bridgehead atoms. The van der Waals surface area contributed by atoms with E-state index in [9.17, 15) is 14.7 Å². The Labute approximate surface area is 213 Å². The first kappa shape index (κ1) is 22.9. The number of carbonyl (C=O) groups is 1. The molecule has 2 heterocycles. The molecule has 0 spiro atoms. The highest BCUT2D eigenvalue weighted by atomic mass is 127. The highest BCUT2D eigenvalue weighted by Crippen LogP contribution is 2.30. The van der Waals surface area contributed by atoms with Crippen molar-refractivity contribution in [1.82, 2.24) is 9.55 Å². The summed E-state index contributed by atoms with van der Waals surface area (Å²) in [5, 5.41) is 13.4. The van der Waals surface area contributed by atoms with Gasteiger partial charge in [0.15, 0.2) is 0 Å². The number of hydrogen-bond donors (Lipinski definition) is 2. The number of aromatic carboxylic acids is 1. The van der Waals surface area contributed by atoms with E-state index in [0.29, 0.717) is 40.3 Å². The van der Waals surface area contributed by atoms with E-state index < -0.39 is 11.6 Å². The Kier molecular flexibility index (Phi) is 5.93. The van der Waals surface area contributed by atoms with Crippen molar-refractivity contribution in [2.75, 3.05) is 12.4 Å². The number of nitrogens with one attached hydrogen (secondary N) is 1. The van der Waals surface area contributed by atoms with Gasteiger partial charge in [-0.3, -0.25) is 0 Å². The maximum absolute atomic E-state index is 12.4. The maximum Gasteiger partial charge on any atom is 0.351 e. The van der Waals surface area contributed by atoms with E-state index in [2.05, 4.69) is 34.0 Å².